The van der Waals surface area contributed by atoms with Gasteiger partial charge < -0.3 is 25.7 Å². The van der Waals surface area contributed by atoms with Gasteiger partial charge in [0.25, 0.3) is 5.91 Å². The standard InChI is InChI=1S/C28H30N4O3/c1-18(2)9-8-14-24(29)31-27(33)25-20-11-4-5-12-21(20)28(34)32(15-16-35-3)26(25)22-17-30-23-13-7-6-10-19(22)23/h4-14,17,25-26,30H,1,15-16,29H2,2-3H3,(H,31,33)/b9-8-,24-14+. The zero-order chi connectivity index (χ0) is 24.9. The predicted molar refractivity (Wildman–Crippen MR) is 138 cm³/mol. The Hall–Kier alpha value is -4.10. The molecule has 4 N–H and O–H groups in total. The summed E-state index contributed by atoms with van der Waals surface area (Å²) in [5, 5.41) is 3.79. The Labute approximate surface area is 205 Å². The van der Waals surface area contributed by atoms with Gasteiger partial charge in [-0.3, -0.25) is 9.59 Å². The zero-order valence-electron chi connectivity index (χ0n) is 20.0. The smallest absolute Gasteiger partial charge is 0.254 e. The summed E-state index contributed by atoms with van der Waals surface area (Å²) in [6, 6.07) is 14.6. The van der Waals surface area contributed by atoms with Gasteiger partial charge in [-0.05, 0) is 30.7 Å². The Morgan fingerprint density at radius 1 is 1.20 bits per heavy atom. The molecule has 0 spiro atoms. The first kappa shape index (κ1) is 24.0. The second kappa shape index (κ2) is 10.4. The molecule has 4 rings (SSSR count). The van der Waals surface area contributed by atoms with Crippen LogP contribution >= 0.6 is 0 Å². The number of H-pyrrole nitrogens is 1. The molecule has 2 atom stereocenters. The van der Waals surface area contributed by atoms with E-state index in [0.29, 0.717) is 24.3 Å². The number of ether oxygens (including phenoxy) is 1. The molecule has 0 fully saturated rings. The van der Waals surface area contributed by atoms with Crippen LogP contribution in [0.2, 0.25) is 0 Å². The predicted octanol–water partition coefficient (Wildman–Crippen LogP) is 4.14. The number of carbonyl (C=O) groups excluding carboxylic acids is 2. The minimum atomic E-state index is -0.683. The molecule has 0 bridgehead atoms. The van der Waals surface area contributed by atoms with Gasteiger partial charge in [-0.1, -0.05) is 60.7 Å². The molecule has 2 aromatic carbocycles. The third kappa shape index (κ3) is 4.90. The number of amides is 2. The molecule has 1 aliphatic heterocycles. The third-order valence-electron chi connectivity index (χ3n) is 6.12. The number of rotatable bonds is 8. The van der Waals surface area contributed by atoms with Crippen LogP contribution in [0.25, 0.3) is 10.9 Å². The van der Waals surface area contributed by atoms with Crippen LogP contribution in [0.4, 0.5) is 0 Å². The van der Waals surface area contributed by atoms with Crippen molar-refractivity contribution < 1.29 is 14.3 Å². The van der Waals surface area contributed by atoms with E-state index in [-0.39, 0.29) is 17.6 Å². The third-order valence-corrected chi connectivity index (χ3v) is 6.12. The lowest BCUT2D eigenvalue weighted by Gasteiger charge is -2.41. The second-order valence-corrected chi connectivity index (χ2v) is 8.61. The van der Waals surface area contributed by atoms with Crippen molar-refractivity contribution in [3.05, 3.63) is 108 Å². The largest absolute Gasteiger partial charge is 0.385 e. The first-order valence-electron chi connectivity index (χ1n) is 11.5. The number of hydrogen-bond donors (Lipinski definition) is 3. The normalized spacial score (nSPS) is 18.2. The number of fused-ring (bicyclic) bond motifs is 2. The van der Waals surface area contributed by atoms with Crippen molar-refractivity contribution in [1.82, 2.24) is 15.2 Å². The highest BCUT2D eigenvalue weighted by Gasteiger charge is 2.44. The number of nitrogens with zero attached hydrogens (tertiary/aromatic N) is 1. The molecule has 7 heteroatoms. The zero-order valence-corrected chi connectivity index (χ0v) is 20.0. The molecule has 1 aromatic heterocycles. The number of nitrogens with one attached hydrogen (secondary N) is 2. The van der Waals surface area contributed by atoms with Crippen molar-refractivity contribution in [3.63, 3.8) is 0 Å². The van der Waals surface area contributed by atoms with Crippen molar-refractivity contribution in [2.24, 2.45) is 5.73 Å². The molecule has 2 unspecified atom stereocenters. The van der Waals surface area contributed by atoms with Crippen molar-refractivity contribution in [2.75, 3.05) is 20.3 Å². The van der Waals surface area contributed by atoms with Crippen molar-refractivity contribution in [1.29, 1.82) is 0 Å². The number of nitrogens with two attached hydrogens (primary N) is 1. The van der Waals surface area contributed by atoms with E-state index in [0.717, 1.165) is 22.0 Å². The summed E-state index contributed by atoms with van der Waals surface area (Å²) >= 11 is 0. The van der Waals surface area contributed by atoms with Crippen molar-refractivity contribution in [3.8, 4) is 0 Å². The average molecular weight is 471 g/mol. The topological polar surface area (TPSA) is 100 Å². The van der Waals surface area contributed by atoms with E-state index in [1.54, 1.807) is 36.3 Å². The number of aromatic amines is 1. The minimum absolute atomic E-state index is 0.134. The quantitative estimate of drug-likeness (QED) is 0.431. The van der Waals surface area contributed by atoms with E-state index in [1.165, 1.54) is 0 Å². The highest BCUT2D eigenvalue weighted by molar-refractivity contribution is 6.02. The van der Waals surface area contributed by atoms with Gasteiger partial charge >= 0.3 is 0 Å². The first-order valence-corrected chi connectivity index (χ1v) is 11.5. The summed E-state index contributed by atoms with van der Waals surface area (Å²) in [6.45, 7) is 6.37. The summed E-state index contributed by atoms with van der Waals surface area (Å²) in [4.78, 5) is 32.4. The summed E-state index contributed by atoms with van der Waals surface area (Å²) in [7, 11) is 1.59. The second-order valence-electron chi connectivity index (χ2n) is 8.61. The maximum Gasteiger partial charge on any atom is 0.254 e. The molecule has 180 valence electrons. The Morgan fingerprint density at radius 3 is 2.71 bits per heavy atom. The van der Waals surface area contributed by atoms with Crippen LogP contribution in [0.15, 0.2) is 90.9 Å². The Balaban J connectivity index is 1.83. The summed E-state index contributed by atoms with van der Waals surface area (Å²) in [5.74, 6) is -0.898. The summed E-state index contributed by atoms with van der Waals surface area (Å²) < 4.78 is 5.31. The number of benzene rings is 2. The maximum absolute atomic E-state index is 13.8. The number of para-hydroxylation sites is 1. The molecule has 0 radical (unpaired) electrons. The molecule has 2 amide bonds. The fourth-order valence-electron chi connectivity index (χ4n) is 4.57. The lowest BCUT2D eigenvalue weighted by Crippen LogP contribution is -2.48. The molecular weight excluding hydrogens is 440 g/mol. The van der Waals surface area contributed by atoms with E-state index in [9.17, 15) is 9.59 Å². The van der Waals surface area contributed by atoms with Crippen LogP contribution in [0, 0.1) is 0 Å². The number of methoxy groups -OCH3 is 1. The van der Waals surface area contributed by atoms with E-state index in [4.69, 9.17) is 10.5 Å². The fraction of sp³-hybridized carbons (Fsp3) is 0.214. The monoisotopic (exact) mass is 470 g/mol. The minimum Gasteiger partial charge on any atom is -0.385 e. The summed E-state index contributed by atoms with van der Waals surface area (Å²) in [6.07, 6.45) is 7.04. The molecule has 35 heavy (non-hydrogen) atoms. The molecular formula is C28H30N4O3. The van der Waals surface area contributed by atoms with Crippen molar-refractivity contribution in [2.45, 2.75) is 18.9 Å². The van der Waals surface area contributed by atoms with Gasteiger partial charge in [-0.25, -0.2) is 0 Å². The lowest BCUT2D eigenvalue weighted by molar-refractivity contribution is -0.123. The van der Waals surface area contributed by atoms with Gasteiger partial charge in [-0.15, -0.1) is 0 Å². The van der Waals surface area contributed by atoms with Gasteiger partial charge in [0.2, 0.25) is 5.91 Å². The van der Waals surface area contributed by atoms with E-state index in [2.05, 4.69) is 16.9 Å². The average Bonchev–Trinajstić information content (AvgIpc) is 3.27. The highest BCUT2D eigenvalue weighted by atomic mass is 16.5. The van der Waals surface area contributed by atoms with Crippen LogP contribution in [-0.2, 0) is 9.53 Å². The number of aromatic nitrogens is 1. The van der Waals surface area contributed by atoms with Crippen LogP contribution < -0.4 is 11.1 Å². The molecule has 3 aromatic rings. The fourth-order valence-corrected chi connectivity index (χ4v) is 4.57. The van der Waals surface area contributed by atoms with Crippen molar-refractivity contribution >= 4 is 22.7 Å². The molecule has 0 saturated carbocycles. The first-order chi connectivity index (χ1) is 16.9. The molecule has 7 nitrogen and oxygen atoms in total. The molecule has 1 aliphatic rings. The molecule has 2 heterocycles. The molecule has 0 aliphatic carbocycles. The lowest BCUT2D eigenvalue weighted by atomic mass is 9.79. The van der Waals surface area contributed by atoms with Gasteiger partial charge in [0.1, 0.15) is 5.82 Å². The van der Waals surface area contributed by atoms with Crippen LogP contribution in [0.3, 0.4) is 0 Å². The highest BCUT2D eigenvalue weighted by Crippen LogP contribution is 2.44. The van der Waals surface area contributed by atoms with Gasteiger partial charge in [-0.2, -0.15) is 0 Å². The van der Waals surface area contributed by atoms with E-state index < -0.39 is 12.0 Å². The number of allylic oxidation sites excluding steroid dienone is 4. The number of hydrogen-bond acceptors (Lipinski definition) is 4. The van der Waals surface area contributed by atoms with Crippen LogP contribution in [0.1, 0.15) is 40.4 Å². The maximum atomic E-state index is 13.8. The van der Waals surface area contributed by atoms with Gasteiger partial charge in [0.05, 0.1) is 18.6 Å². The Bertz CT molecular complexity index is 1320. The van der Waals surface area contributed by atoms with E-state index >= 15 is 0 Å². The molecule has 0 saturated heterocycles. The van der Waals surface area contributed by atoms with Crippen LogP contribution in [-0.4, -0.2) is 42.0 Å². The SMILES string of the molecule is C=C(C)/C=C\C=C(/N)NC(=O)C1c2ccccc2C(=O)N(CCOC)C1c1c[nH]c2ccccc12. The Kier molecular flexibility index (Phi) is 7.17. The van der Waals surface area contributed by atoms with Gasteiger partial charge in [0.15, 0.2) is 0 Å². The number of carbonyl (C=O) groups is 2. The van der Waals surface area contributed by atoms with Gasteiger partial charge in [0, 0.05) is 41.9 Å². The summed E-state index contributed by atoms with van der Waals surface area (Å²) in [5.41, 5.74) is 9.97. The van der Waals surface area contributed by atoms with Crippen LogP contribution in [0.5, 0.6) is 0 Å². The van der Waals surface area contributed by atoms with E-state index in [1.807, 2.05) is 55.6 Å². The Morgan fingerprint density at radius 2 is 1.94 bits per heavy atom.